The van der Waals surface area contributed by atoms with Gasteiger partial charge in [-0.15, -0.1) is 0 Å². The van der Waals surface area contributed by atoms with Gasteiger partial charge in [0.05, 0.1) is 24.5 Å². The molecule has 0 bridgehead atoms. The SMILES string of the molecule is CC[C@@H](SC1=Nc2ccccc2C2=N[C@@H](CC(=O)N3CCN(c4ccccc4)CC3)C(=O)N12)C(=O)Nc1cccc(OC)c1. The Morgan fingerprint density at radius 3 is 2.50 bits per heavy atom. The fraction of sp³-hybridized carbons (Fsp3) is 0.303. The second-order valence-corrected chi connectivity index (χ2v) is 11.9. The van der Waals surface area contributed by atoms with Gasteiger partial charge in [0, 0.05) is 49.2 Å². The Hall–Kier alpha value is -4.64. The number of piperazine rings is 1. The maximum absolute atomic E-state index is 13.8. The molecule has 0 unspecified atom stereocenters. The van der Waals surface area contributed by atoms with E-state index in [4.69, 9.17) is 14.7 Å². The first-order valence-electron chi connectivity index (χ1n) is 14.7. The van der Waals surface area contributed by atoms with Gasteiger partial charge >= 0.3 is 0 Å². The number of benzene rings is 3. The van der Waals surface area contributed by atoms with Crippen LogP contribution in [0.5, 0.6) is 5.75 Å². The summed E-state index contributed by atoms with van der Waals surface area (Å²) >= 11 is 1.22. The first-order valence-corrected chi connectivity index (χ1v) is 15.6. The third-order valence-electron chi connectivity index (χ3n) is 7.92. The highest BCUT2D eigenvalue weighted by molar-refractivity contribution is 8.15. The highest BCUT2D eigenvalue weighted by atomic mass is 32.2. The van der Waals surface area contributed by atoms with Crippen LogP contribution in [0.4, 0.5) is 17.1 Å². The summed E-state index contributed by atoms with van der Waals surface area (Å²) in [6.45, 7) is 4.54. The van der Waals surface area contributed by atoms with Crippen molar-refractivity contribution in [3.63, 3.8) is 0 Å². The molecule has 10 nitrogen and oxygen atoms in total. The molecule has 3 aliphatic heterocycles. The quantitative estimate of drug-likeness (QED) is 0.401. The van der Waals surface area contributed by atoms with E-state index in [-0.39, 0.29) is 24.1 Å². The maximum Gasteiger partial charge on any atom is 0.259 e. The van der Waals surface area contributed by atoms with E-state index in [1.54, 1.807) is 25.3 Å². The molecule has 44 heavy (non-hydrogen) atoms. The molecule has 3 amide bonds. The van der Waals surface area contributed by atoms with E-state index in [2.05, 4.69) is 22.3 Å². The predicted molar refractivity (Wildman–Crippen MR) is 174 cm³/mol. The number of thioether (sulfide) groups is 1. The summed E-state index contributed by atoms with van der Waals surface area (Å²) in [4.78, 5) is 55.7. The lowest BCUT2D eigenvalue weighted by molar-refractivity contribution is -0.135. The van der Waals surface area contributed by atoms with Gasteiger partial charge in [0.15, 0.2) is 5.17 Å². The third kappa shape index (κ3) is 6.05. The summed E-state index contributed by atoms with van der Waals surface area (Å²) in [5, 5.41) is 2.80. The molecule has 3 aromatic rings. The molecule has 1 saturated heterocycles. The smallest absolute Gasteiger partial charge is 0.259 e. The monoisotopic (exact) mass is 610 g/mol. The number of hydrogen-bond donors (Lipinski definition) is 1. The van der Waals surface area contributed by atoms with E-state index in [1.165, 1.54) is 16.7 Å². The fourth-order valence-corrected chi connectivity index (χ4v) is 6.55. The molecule has 0 aromatic heterocycles. The van der Waals surface area contributed by atoms with E-state index in [1.807, 2.05) is 60.4 Å². The average Bonchev–Trinajstić information content (AvgIpc) is 3.39. The summed E-state index contributed by atoms with van der Waals surface area (Å²) < 4.78 is 5.27. The maximum atomic E-state index is 13.8. The van der Waals surface area contributed by atoms with Gasteiger partial charge in [-0.25, -0.2) is 9.89 Å². The Labute approximate surface area is 260 Å². The lowest BCUT2D eigenvalue weighted by atomic mass is 10.1. The van der Waals surface area contributed by atoms with E-state index in [0.717, 1.165) is 24.3 Å². The average molecular weight is 611 g/mol. The molecule has 0 saturated carbocycles. The van der Waals surface area contributed by atoms with Gasteiger partial charge in [0.25, 0.3) is 5.91 Å². The number of carbonyl (C=O) groups is 3. The molecule has 6 rings (SSSR count). The Morgan fingerprint density at radius 2 is 1.75 bits per heavy atom. The van der Waals surface area contributed by atoms with Crippen LogP contribution < -0.4 is 15.0 Å². The van der Waals surface area contributed by atoms with Crippen molar-refractivity contribution in [3.05, 3.63) is 84.4 Å². The van der Waals surface area contributed by atoms with Crippen LogP contribution in [0.25, 0.3) is 0 Å². The second-order valence-electron chi connectivity index (χ2n) is 10.7. The number of methoxy groups -OCH3 is 1. The zero-order chi connectivity index (χ0) is 30.6. The van der Waals surface area contributed by atoms with Gasteiger partial charge in [-0.05, 0) is 42.8 Å². The first kappa shape index (κ1) is 29.4. The highest BCUT2D eigenvalue weighted by Crippen LogP contribution is 2.36. The van der Waals surface area contributed by atoms with Crippen LogP contribution in [0.1, 0.15) is 25.3 Å². The van der Waals surface area contributed by atoms with Crippen molar-refractivity contribution in [2.24, 2.45) is 9.98 Å². The van der Waals surface area contributed by atoms with Crippen LogP contribution in [-0.4, -0.2) is 83.1 Å². The minimum atomic E-state index is -0.854. The van der Waals surface area contributed by atoms with Gasteiger partial charge < -0.3 is 19.9 Å². The van der Waals surface area contributed by atoms with Crippen LogP contribution in [0.3, 0.4) is 0 Å². The van der Waals surface area contributed by atoms with Crippen molar-refractivity contribution in [3.8, 4) is 5.75 Å². The van der Waals surface area contributed by atoms with Crippen LogP contribution in [0.15, 0.2) is 88.8 Å². The number of fused-ring (bicyclic) bond motifs is 3. The number of para-hydroxylation sites is 2. The van der Waals surface area contributed by atoms with Crippen molar-refractivity contribution in [1.29, 1.82) is 0 Å². The van der Waals surface area contributed by atoms with Crippen LogP contribution >= 0.6 is 11.8 Å². The molecule has 2 atom stereocenters. The van der Waals surface area contributed by atoms with Gasteiger partial charge in [-0.1, -0.05) is 55.1 Å². The molecule has 1 fully saturated rings. The number of aliphatic imine (C=N–C) groups is 2. The molecule has 3 aromatic carbocycles. The number of nitrogens with zero attached hydrogens (tertiary/aromatic N) is 5. The minimum absolute atomic E-state index is 0.0161. The topological polar surface area (TPSA) is 107 Å². The van der Waals surface area contributed by atoms with E-state index in [9.17, 15) is 14.4 Å². The Bertz CT molecular complexity index is 1620. The summed E-state index contributed by atoms with van der Waals surface area (Å²) in [5.41, 5.74) is 3.15. The Morgan fingerprint density at radius 1 is 1.00 bits per heavy atom. The molecule has 3 aliphatic rings. The molecule has 0 aliphatic carbocycles. The lowest BCUT2D eigenvalue weighted by Gasteiger charge is -2.36. The number of anilines is 2. The zero-order valence-corrected chi connectivity index (χ0v) is 25.5. The van der Waals surface area contributed by atoms with Crippen molar-refractivity contribution in [1.82, 2.24) is 9.80 Å². The van der Waals surface area contributed by atoms with Crippen molar-refractivity contribution >= 4 is 57.5 Å². The lowest BCUT2D eigenvalue weighted by Crippen LogP contribution is -2.50. The standard InChI is InChI=1S/C33H34N6O4S/c1-3-28(31(41)34-22-10-9-13-24(20-22)43-2)44-33-36-26-15-8-7-14-25(26)30-35-27(32(42)39(30)33)21-29(40)38-18-16-37(17-19-38)23-11-5-4-6-12-23/h4-15,20,27-28H,3,16-19,21H2,1-2H3,(H,34,41)/t27-,28+/m0/s1. The van der Waals surface area contributed by atoms with Crippen molar-refractivity contribution in [2.75, 3.05) is 43.5 Å². The fourth-order valence-electron chi connectivity index (χ4n) is 5.53. The molecular weight excluding hydrogens is 576 g/mol. The van der Waals surface area contributed by atoms with Gasteiger partial charge in [0.1, 0.15) is 17.6 Å². The normalized spacial score (nSPS) is 18.2. The summed E-state index contributed by atoms with van der Waals surface area (Å²) in [5.74, 6) is 0.500. The zero-order valence-electron chi connectivity index (χ0n) is 24.7. The number of hydrogen-bond acceptors (Lipinski definition) is 8. The number of carbonyl (C=O) groups excluding carboxylic acids is 3. The summed E-state index contributed by atoms with van der Waals surface area (Å²) in [7, 11) is 1.57. The number of amidine groups is 2. The van der Waals surface area contributed by atoms with Crippen molar-refractivity contribution < 1.29 is 19.1 Å². The number of ether oxygens (including phenoxy) is 1. The van der Waals surface area contributed by atoms with Gasteiger partial charge in [-0.2, -0.15) is 0 Å². The second kappa shape index (κ2) is 12.9. The largest absolute Gasteiger partial charge is 0.497 e. The van der Waals surface area contributed by atoms with Gasteiger partial charge in [0.2, 0.25) is 11.8 Å². The predicted octanol–water partition coefficient (Wildman–Crippen LogP) is 4.54. The van der Waals surface area contributed by atoms with Gasteiger partial charge in [-0.3, -0.25) is 19.4 Å². The number of nitrogens with one attached hydrogen (secondary N) is 1. The van der Waals surface area contributed by atoms with Crippen molar-refractivity contribution in [2.45, 2.75) is 31.1 Å². The summed E-state index contributed by atoms with van der Waals surface area (Å²) in [6, 6.07) is 23.9. The molecule has 0 spiro atoms. The number of amides is 3. The van der Waals surface area contributed by atoms with E-state index >= 15 is 0 Å². The number of rotatable bonds is 8. The van der Waals surface area contributed by atoms with E-state index < -0.39 is 11.3 Å². The molecule has 226 valence electrons. The van der Waals surface area contributed by atoms with Crippen LogP contribution in [-0.2, 0) is 14.4 Å². The van der Waals surface area contributed by atoms with E-state index in [0.29, 0.717) is 47.6 Å². The molecule has 3 heterocycles. The minimum Gasteiger partial charge on any atom is -0.497 e. The first-order chi connectivity index (χ1) is 21.4. The van der Waals surface area contributed by atoms with Crippen LogP contribution in [0.2, 0.25) is 0 Å². The molecule has 11 heteroatoms. The third-order valence-corrected chi connectivity index (χ3v) is 9.23. The molecule has 1 N–H and O–H groups in total. The van der Waals surface area contributed by atoms with Crippen LogP contribution in [0, 0.1) is 0 Å². The summed E-state index contributed by atoms with van der Waals surface area (Å²) in [6.07, 6.45) is 0.490. The Kier molecular flexibility index (Phi) is 8.65. The molecule has 0 radical (unpaired) electrons. The molecular formula is C33H34N6O4S. The highest BCUT2D eigenvalue weighted by Gasteiger charge is 2.43. The Balaban J connectivity index is 1.16.